The predicted octanol–water partition coefficient (Wildman–Crippen LogP) is 5.81. The highest BCUT2D eigenvalue weighted by molar-refractivity contribution is 5.57. The minimum atomic E-state index is -1.17. The molecule has 3 N–H and O–H groups in total. The molecule has 0 spiro atoms. The fourth-order valence-corrected chi connectivity index (χ4v) is 3.11. The molecule has 0 aliphatic rings. The molecule has 0 amide bonds. The van der Waals surface area contributed by atoms with E-state index in [1.165, 1.54) is 56.9 Å². The summed E-state index contributed by atoms with van der Waals surface area (Å²) in [5, 5.41) is 8.36. The summed E-state index contributed by atoms with van der Waals surface area (Å²) in [6.07, 6.45) is 11.7. The van der Waals surface area contributed by atoms with Crippen molar-refractivity contribution in [1.82, 2.24) is 0 Å². The van der Waals surface area contributed by atoms with E-state index in [2.05, 4.69) is 10.8 Å². The number of nitrogen functional groups attached to an aromatic ring is 1. The van der Waals surface area contributed by atoms with Crippen molar-refractivity contribution in [3.63, 3.8) is 0 Å². The lowest BCUT2D eigenvalue weighted by atomic mass is 10.0. The third kappa shape index (κ3) is 10.2. The van der Waals surface area contributed by atoms with Gasteiger partial charge in [0.2, 0.25) is 0 Å². The Labute approximate surface area is 157 Å². The number of nitrogens with two attached hydrogens (primary N) is 1. The minimum Gasteiger partial charge on any atom is -0.491 e. The molecule has 0 aromatic heterocycles. The van der Waals surface area contributed by atoms with Gasteiger partial charge in [-0.2, -0.15) is 0 Å². The Kier molecular flexibility index (Phi) is 12.2. The average Bonchev–Trinajstić information content (AvgIpc) is 2.61. The number of anilines is 1. The van der Waals surface area contributed by atoms with Crippen LogP contribution in [0.4, 0.5) is 10.5 Å². The first-order valence-corrected chi connectivity index (χ1v) is 10.0. The van der Waals surface area contributed by atoms with Crippen molar-refractivity contribution in [1.29, 1.82) is 0 Å². The monoisotopic (exact) mass is 365 g/mol. The molecule has 0 unspecified atom stereocenters. The van der Waals surface area contributed by atoms with E-state index in [0.29, 0.717) is 13.2 Å². The summed E-state index contributed by atoms with van der Waals surface area (Å²) >= 11 is 0. The average molecular weight is 366 g/mol. The molecule has 26 heavy (non-hydrogen) atoms. The SMILES string of the molecule is CCOc1c(N)cccc1CCCCCCCCCCCCOC(=O)O. The predicted molar refractivity (Wildman–Crippen MR) is 106 cm³/mol. The summed E-state index contributed by atoms with van der Waals surface area (Å²) < 4.78 is 10.2. The van der Waals surface area contributed by atoms with Gasteiger partial charge in [0.05, 0.1) is 18.9 Å². The van der Waals surface area contributed by atoms with Crippen molar-refractivity contribution in [2.24, 2.45) is 0 Å². The maximum atomic E-state index is 10.2. The number of rotatable bonds is 15. The quantitative estimate of drug-likeness (QED) is 0.233. The minimum absolute atomic E-state index is 0.327. The molecule has 0 aliphatic carbocycles. The molecule has 0 radical (unpaired) electrons. The van der Waals surface area contributed by atoms with Crippen molar-refractivity contribution in [2.45, 2.75) is 77.6 Å². The Balaban J connectivity index is 1.97. The van der Waals surface area contributed by atoms with Gasteiger partial charge in [-0.25, -0.2) is 4.79 Å². The zero-order chi connectivity index (χ0) is 19.0. The first-order valence-electron chi connectivity index (χ1n) is 10.0. The van der Waals surface area contributed by atoms with Crippen LogP contribution in [0.2, 0.25) is 0 Å². The van der Waals surface area contributed by atoms with Crippen LogP contribution in [0.25, 0.3) is 0 Å². The summed E-state index contributed by atoms with van der Waals surface area (Å²) in [6.45, 7) is 2.96. The lowest BCUT2D eigenvalue weighted by Crippen LogP contribution is -2.01. The first kappa shape index (κ1) is 22.1. The summed E-state index contributed by atoms with van der Waals surface area (Å²) in [6, 6.07) is 6.01. The number of hydrogen-bond acceptors (Lipinski definition) is 4. The highest BCUT2D eigenvalue weighted by Crippen LogP contribution is 2.28. The van der Waals surface area contributed by atoms with E-state index in [1.54, 1.807) is 0 Å². The van der Waals surface area contributed by atoms with Gasteiger partial charge in [0, 0.05) is 0 Å². The molecule has 0 aliphatic heterocycles. The van der Waals surface area contributed by atoms with Crippen molar-refractivity contribution in [2.75, 3.05) is 18.9 Å². The fourth-order valence-electron chi connectivity index (χ4n) is 3.11. The molecule has 1 aromatic carbocycles. The number of hydrogen-bond donors (Lipinski definition) is 2. The van der Waals surface area contributed by atoms with E-state index < -0.39 is 6.16 Å². The van der Waals surface area contributed by atoms with Gasteiger partial charge in [0.15, 0.2) is 0 Å². The zero-order valence-corrected chi connectivity index (χ0v) is 16.2. The van der Waals surface area contributed by atoms with Crippen molar-refractivity contribution >= 4 is 11.8 Å². The van der Waals surface area contributed by atoms with Gasteiger partial charge in [0.25, 0.3) is 0 Å². The van der Waals surface area contributed by atoms with Crippen LogP contribution in [-0.2, 0) is 11.2 Å². The molecule has 5 nitrogen and oxygen atoms in total. The standard InChI is InChI=1S/C21H35NO4/c1-2-25-20-18(15-13-16-19(20)22)14-11-9-7-5-3-4-6-8-10-12-17-26-21(23)24/h13,15-16H,2-12,14,17,22H2,1H3,(H,23,24). The highest BCUT2D eigenvalue weighted by Gasteiger charge is 2.06. The Hall–Kier alpha value is -1.91. The molecule has 0 heterocycles. The van der Waals surface area contributed by atoms with E-state index in [9.17, 15) is 4.79 Å². The molecule has 0 fully saturated rings. The Bertz CT molecular complexity index is 505. The van der Waals surface area contributed by atoms with E-state index in [0.717, 1.165) is 30.7 Å². The second-order valence-electron chi connectivity index (χ2n) is 6.67. The lowest BCUT2D eigenvalue weighted by Gasteiger charge is -2.12. The number of benzene rings is 1. The molecule has 0 atom stereocenters. The molecule has 148 valence electrons. The zero-order valence-electron chi connectivity index (χ0n) is 16.2. The summed E-state index contributed by atoms with van der Waals surface area (Å²) in [5.41, 5.74) is 7.96. The fraction of sp³-hybridized carbons (Fsp3) is 0.667. The van der Waals surface area contributed by atoms with Gasteiger partial charge in [-0.1, -0.05) is 63.5 Å². The molecule has 0 saturated carbocycles. The maximum Gasteiger partial charge on any atom is 0.505 e. The molecular weight excluding hydrogens is 330 g/mol. The van der Waals surface area contributed by atoms with Crippen LogP contribution in [0.1, 0.15) is 76.7 Å². The highest BCUT2D eigenvalue weighted by atomic mass is 16.7. The summed E-state index contributed by atoms with van der Waals surface area (Å²) in [7, 11) is 0. The van der Waals surface area contributed by atoms with Crippen LogP contribution < -0.4 is 10.5 Å². The van der Waals surface area contributed by atoms with E-state index >= 15 is 0 Å². The molecule has 0 saturated heterocycles. The number of carbonyl (C=O) groups is 1. The summed E-state index contributed by atoms with van der Waals surface area (Å²) in [4.78, 5) is 10.2. The number of aryl methyl sites for hydroxylation is 1. The number of carboxylic acid groups (broad SMARTS) is 1. The second-order valence-corrected chi connectivity index (χ2v) is 6.67. The molecule has 5 heteroatoms. The third-order valence-corrected chi connectivity index (χ3v) is 4.48. The number of unbranched alkanes of at least 4 members (excludes halogenated alkanes) is 9. The van der Waals surface area contributed by atoms with Crippen LogP contribution in [-0.4, -0.2) is 24.5 Å². The lowest BCUT2D eigenvalue weighted by molar-refractivity contribution is 0.0899. The summed E-state index contributed by atoms with van der Waals surface area (Å²) in [5.74, 6) is 0.865. The second kappa shape index (κ2) is 14.3. The van der Waals surface area contributed by atoms with Crippen molar-refractivity contribution < 1.29 is 19.4 Å². The van der Waals surface area contributed by atoms with Gasteiger partial charge in [-0.05, 0) is 37.8 Å². The van der Waals surface area contributed by atoms with Crippen LogP contribution in [0.3, 0.4) is 0 Å². The van der Waals surface area contributed by atoms with Crippen LogP contribution in [0.15, 0.2) is 18.2 Å². The van der Waals surface area contributed by atoms with Gasteiger partial charge < -0.3 is 20.3 Å². The van der Waals surface area contributed by atoms with Gasteiger partial charge in [0.1, 0.15) is 5.75 Å². The number of para-hydroxylation sites is 1. The Morgan fingerprint density at radius 1 is 0.962 bits per heavy atom. The molecule has 0 bridgehead atoms. The van der Waals surface area contributed by atoms with Gasteiger partial charge in [-0.15, -0.1) is 0 Å². The number of ether oxygens (including phenoxy) is 2. The van der Waals surface area contributed by atoms with Gasteiger partial charge >= 0.3 is 6.16 Å². The smallest absolute Gasteiger partial charge is 0.491 e. The third-order valence-electron chi connectivity index (χ3n) is 4.48. The Morgan fingerprint density at radius 3 is 2.12 bits per heavy atom. The van der Waals surface area contributed by atoms with Crippen molar-refractivity contribution in [3.05, 3.63) is 23.8 Å². The van der Waals surface area contributed by atoms with Crippen LogP contribution in [0.5, 0.6) is 5.75 Å². The molecule has 1 aromatic rings. The van der Waals surface area contributed by atoms with Crippen LogP contribution >= 0.6 is 0 Å². The van der Waals surface area contributed by atoms with Crippen molar-refractivity contribution in [3.8, 4) is 5.75 Å². The largest absolute Gasteiger partial charge is 0.505 e. The molecular formula is C21H35NO4. The maximum absolute atomic E-state index is 10.2. The Morgan fingerprint density at radius 2 is 1.54 bits per heavy atom. The first-order chi connectivity index (χ1) is 12.6. The molecule has 1 rings (SSSR count). The van der Waals surface area contributed by atoms with Gasteiger partial charge in [-0.3, -0.25) is 0 Å². The normalized spacial score (nSPS) is 10.7. The van der Waals surface area contributed by atoms with E-state index in [4.69, 9.17) is 15.6 Å². The van der Waals surface area contributed by atoms with Crippen LogP contribution in [0, 0.1) is 0 Å². The topological polar surface area (TPSA) is 81.8 Å². The van der Waals surface area contributed by atoms with E-state index in [1.807, 2.05) is 19.1 Å². The van der Waals surface area contributed by atoms with E-state index in [-0.39, 0.29) is 0 Å².